The lowest BCUT2D eigenvalue weighted by atomic mass is 10.1. The van der Waals surface area contributed by atoms with Gasteiger partial charge in [0, 0.05) is 24.9 Å². The molecule has 3 rings (SSSR count). The van der Waals surface area contributed by atoms with Crippen molar-refractivity contribution in [2.24, 2.45) is 0 Å². The smallest absolute Gasteiger partial charge is 0.379 e. The van der Waals surface area contributed by atoms with E-state index in [2.05, 4.69) is 5.32 Å². The monoisotopic (exact) mass is 488 g/mol. The number of halogens is 4. The van der Waals surface area contributed by atoms with E-state index in [-0.39, 0.29) is 29.2 Å². The molecule has 1 saturated heterocycles. The van der Waals surface area contributed by atoms with E-state index in [9.17, 15) is 26.4 Å². The first kappa shape index (κ1) is 24.2. The number of nitrogens with zero attached hydrogens (tertiary/aromatic N) is 1. The number of rotatable bonds is 5. The number of hydrogen-bond donors (Lipinski definition) is 1. The summed E-state index contributed by atoms with van der Waals surface area (Å²) < 4.78 is 71.1. The molecule has 0 unspecified atom stereocenters. The van der Waals surface area contributed by atoms with Crippen LogP contribution in [0.15, 0.2) is 47.4 Å². The highest BCUT2D eigenvalue weighted by Gasteiger charge is 2.33. The summed E-state index contributed by atoms with van der Waals surface area (Å²) in [5, 5.41) is 2.13. The minimum absolute atomic E-state index is 0.0248. The number of ether oxygens (including phenoxy) is 1. The normalized spacial score (nSPS) is 15.8. The number of alkyl halides is 3. The first-order valence-corrected chi connectivity index (χ1v) is 11.3. The summed E-state index contributed by atoms with van der Waals surface area (Å²) in [4.78, 5) is 12.4. The lowest BCUT2D eigenvalue weighted by Gasteiger charge is -2.26. The number of amides is 1. The quantitative estimate of drug-likeness (QED) is 0.635. The van der Waals surface area contributed by atoms with Gasteiger partial charge in [0.15, 0.2) is 0 Å². The first-order chi connectivity index (χ1) is 15.0. The topological polar surface area (TPSA) is 75.7 Å². The zero-order chi connectivity index (χ0) is 23.5. The van der Waals surface area contributed by atoms with Gasteiger partial charge in [0.05, 0.1) is 28.7 Å². The van der Waals surface area contributed by atoms with Crippen LogP contribution in [-0.2, 0) is 25.7 Å². The van der Waals surface area contributed by atoms with E-state index >= 15 is 0 Å². The molecule has 0 atom stereocenters. The molecule has 0 radical (unpaired) electrons. The molecule has 1 N–H and O–H groups in total. The molecule has 0 saturated carbocycles. The second-order valence-corrected chi connectivity index (χ2v) is 9.40. The molecule has 172 valence electrons. The average molecular weight is 489 g/mol. The summed E-state index contributed by atoms with van der Waals surface area (Å²) in [5.74, 6) is -0.627. The molecule has 1 aliphatic heterocycles. The summed E-state index contributed by atoms with van der Waals surface area (Å²) in [6.07, 6.45) is -2.34. The Balaban J connectivity index is 1.77. The van der Waals surface area contributed by atoms with E-state index in [1.54, 1.807) is 13.0 Å². The number of carbonyl (C=O) groups is 1. The lowest BCUT2D eigenvalue weighted by molar-refractivity contribution is -0.137. The highest BCUT2D eigenvalue weighted by Crippen LogP contribution is 2.35. The van der Waals surface area contributed by atoms with Gasteiger partial charge in [0.25, 0.3) is 0 Å². The predicted octanol–water partition coefficient (Wildman–Crippen LogP) is 4.34. The molecule has 2 aromatic carbocycles. The Bertz CT molecular complexity index is 1140. The van der Waals surface area contributed by atoms with Crippen molar-refractivity contribution in [2.45, 2.75) is 18.0 Å². The molecule has 0 aliphatic carbocycles. The van der Waals surface area contributed by atoms with Crippen molar-refractivity contribution in [3.05, 3.63) is 64.2 Å². The zero-order valence-corrected chi connectivity index (χ0v) is 18.5. The molecule has 2 aromatic rings. The molecule has 0 aromatic heterocycles. The van der Waals surface area contributed by atoms with Crippen LogP contribution in [-0.4, -0.2) is 44.9 Å². The second kappa shape index (κ2) is 9.62. The molecule has 0 bridgehead atoms. The Labute approximate surface area is 188 Å². The van der Waals surface area contributed by atoms with Crippen molar-refractivity contribution in [1.29, 1.82) is 0 Å². The molecule has 6 nitrogen and oxygen atoms in total. The van der Waals surface area contributed by atoms with E-state index in [1.807, 2.05) is 0 Å². The van der Waals surface area contributed by atoms with Gasteiger partial charge in [-0.05, 0) is 48.4 Å². The third-order valence-electron chi connectivity index (χ3n) is 4.80. The van der Waals surface area contributed by atoms with Gasteiger partial charge in [0.1, 0.15) is 0 Å². The predicted molar refractivity (Wildman–Crippen MR) is 115 cm³/mol. The third kappa shape index (κ3) is 5.69. The van der Waals surface area contributed by atoms with Crippen LogP contribution in [0.25, 0.3) is 6.08 Å². The summed E-state index contributed by atoms with van der Waals surface area (Å²) in [6, 6.07) is 7.68. The van der Waals surface area contributed by atoms with Crippen molar-refractivity contribution in [1.82, 2.24) is 4.31 Å². The molecule has 0 spiro atoms. The van der Waals surface area contributed by atoms with E-state index in [0.717, 1.165) is 18.2 Å². The van der Waals surface area contributed by atoms with Crippen LogP contribution >= 0.6 is 11.6 Å². The zero-order valence-electron chi connectivity index (χ0n) is 16.9. The van der Waals surface area contributed by atoms with Crippen LogP contribution in [0.2, 0.25) is 5.02 Å². The number of aryl methyl sites for hydroxylation is 1. The maximum Gasteiger partial charge on any atom is 0.417 e. The average Bonchev–Trinajstić information content (AvgIpc) is 2.74. The Kier molecular flexibility index (Phi) is 7.29. The highest BCUT2D eigenvalue weighted by atomic mass is 35.5. The molecule has 1 aliphatic rings. The Morgan fingerprint density at radius 3 is 2.50 bits per heavy atom. The van der Waals surface area contributed by atoms with Gasteiger partial charge in [0.2, 0.25) is 15.9 Å². The SMILES string of the molecule is Cc1ccc(S(=O)(=O)N2CCOCC2)cc1NC(=O)/C=C/c1ccc(Cl)c(C(F)(F)F)c1. The minimum Gasteiger partial charge on any atom is -0.379 e. The highest BCUT2D eigenvalue weighted by molar-refractivity contribution is 7.89. The maximum atomic E-state index is 13.0. The molecule has 11 heteroatoms. The van der Waals surface area contributed by atoms with E-state index in [1.165, 1.54) is 28.6 Å². The summed E-state index contributed by atoms with van der Waals surface area (Å²) >= 11 is 5.59. The van der Waals surface area contributed by atoms with Crippen molar-refractivity contribution >= 4 is 39.3 Å². The molecular formula is C21H20ClF3N2O4S. The molecule has 1 heterocycles. The third-order valence-corrected chi connectivity index (χ3v) is 7.02. The number of nitrogens with one attached hydrogen (secondary N) is 1. The van der Waals surface area contributed by atoms with Crippen molar-refractivity contribution in [3.8, 4) is 0 Å². The maximum absolute atomic E-state index is 13.0. The van der Waals surface area contributed by atoms with Gasteiger partial charge in [-0.1, -0.05) is 23.7 Å². The van der Waals surface area contributed by atoms with Crippen molar-refractivity contribution < 1.29 is 31.1 Å². The number of anilines is 1. The van der Waals surface area contributed by atoms with Gasteiger partial charge < -0.3 is 10.1 Å². The van der Waals surface area contributed by atoms with Crippen molar-refractivity contribution in [2.75, 3.05) is 31.6 Å². The number of hydrogen-bond acceptors (Lipinski definition) is 4. The van der Waals surface area contributed by atoms with E-state index < -0.39 is 32.7 Å². The number of carbonyl (C=O) groups excluding carboxylic acids is 1. The van der Waals surface area contributed by atoms with Gasteiger partial charge >= 0.3 is 6.18 Å². The van der Waals surface area contributed by atoms with Crippen LogP contribution in [0.4, 0.5) is 18.9 Å². The van der Waals surface area contributed by atoms with Gasteiger partial charge in [-0.3, -0.25) is 4.79 Å². The fourth-order valence-corrected chi connectivity index (χ4v) is 4.70. The first-order valence-electron chi connectivity index (χ1n) is 9.53. The standard InChI is InChI=1S/C21H20ClF3N2O4S/c1-14-2-5-16(32(29,30)27-8-10-31-11-9-27)13-19(14)26-20(28)7-4-15-3-6-18(22)17(12-15)21(23,24)25/h2-7,12-13H,8-11H2,1H3,(H,26,28)/b7-4+. The van der Waals surface area contributed by atoms with E-state index in [0.29, 0.717) is 18.8 Å². The summed E-state index contributed by atoms with van der Waals surface area (Å²) in [7, 11) is -3.75. The van der Waals surface area contributed by atoms with Crippen LogP contribution in [0.3, 0.4) is 0 Å². The van der Waals surface area contributed by atoms with Gasteiger partial charge in [-0.25, -0.2) is 8.42 Å². The van der Waals surface area contributed by atoms with Crippen molar-refractivity contribution in [3.63, 3.8) is 0 Å². The Morgan fingerprint density at radius 2 is 1.84 bits per heavy atom. The minimum atomic E-state index is -4.62. The van der Waals surface area contributed by atoms with Gasteiger partial charge in [-0.15, -0.1) is 0 Å². The summed E-state index contributed by atoms with van der Waals surface area (Å²) in [6.45, 7) is 2.78. The Morgan fingerprint density at radius 1 is 1.16 bits per heavy atom. The number of morpholine rings is 1. The van der Waals surface area contributed by atoms with Crippen LogP contribution in [0.1, 0.15) is 16.7 Å². The fraction of sp³-hybridized carbons (Fsp3) is 0.286. The van der Waals surface area contributed by atoms with Crippen LogP contribution < -0.4 is 5.32 Å². The fourth-order valence-electron chi connectivity index (χ4n) is 3.04. The molecular weight excluding hydrogens is 469 g/mol. The number of benzene rings is 2. The Hall–Kier alpha value is -2.40. The van der Waals surface area contributed by atoms with E-state index in [4.69, 9.17) is 16.3 Å². The lowest BCUT2D eigenvalue weighted by Crippen LogP contribution is -2.40. The largest absolute Gasteiger partial charge is 0.417 e. The number of sulfonamides is 1. The summed E-state index contributed by atoms with van der Waals surface area (Å²) in [5.41, 5.74) is 0.0374. The second-order valence-electron chi connectivity index (χ2n) is 7.05. The molecule has 1 fully saturated rings. The molecule has 32 heavy (non-hydrogen) atoms. The molecule has 1 amide bonds. The van der Waals surface area contributed by atoms with Crippen LogP contribution in [0, 0.1) is 6.92 Å². The van der Waals surface area contributed by atoms with Gasteiger partial charge in [-0.2, -0.15) is 17.5 Å². The van der Waals surface area contributed by atoms with Crippen LogP contribution in [0.5, 0.6) is 0 Å².